The van der Waals surface area contributed by atoms with E-state index in [2.05, 4.69) is 5.32 Å². The highest BCUT2D eigenvalue weighted by molar-refractivity contribution is 6.34. The van der Waals surface area contributed by atoms with Gasteiger partial charge in [-0.25, -0.2) is 4.79 Å². The van der Waals surface area contributed by atoms with Crippen molar-refractivity contribution in [1.82, 2.24) is 10.2 Å². The molecule has 1 heterocycles. The number of nitro benzene ring substituents is 1. The highest BCUT2D eigenvalue weighted by atomic mass is 35.5. The molecular formula is C18H24ClN3O5. The number of halogens is 1. The molecule has 8 nitrogen and oxygen atoms in total. The molecule has 27 heavy (non-hydrogen) atoms. The van der Waals surface area contributed by atoms with Crippen molar-refractivity contribution in [1.29, 1.82) is 0 Å². The summed E-state index contributed by atoms with van der Waals surface area (Å²) >= 11 is 5.98. The lowest BCUT2D eigenvalue weighted by Gasteiger charge is -2.34. The van der Waals surface area contributed by atoms with Crippen LogP contribution in [0.2, 0.25) is 5.02 Å². The monoisotopic (exact) mass is 397 g/mol. The summed E-state index contributed by atoms with van der Waals surface area (Å²) in [6.45, 7) is 6.98. The Hall–Kier alpha value is -2.35. The molecule has 2 amide bonds. The predicted molar refractivity (Wildman–Crippen MR) is 101 cm³/mol. The van der Waals surface area contributed by atoms with E-state index in [-0.39, 0.29) is 28.3 Å². The Morgan fingerprint density at radius 1 is 1.41 bits per heavy atom. The number of carbonyl (C=O) groups excluding carboxylic acids is 2. The van der Waals surface area contributed by atoms with E-state index in [4.69, 9.17) is 16.3 Å². The SMILES string of the molecule is CC(C)(C)OC(=O)N1CCCC(CNC(=O)c2ccc([N+](=O)[O-])cc2Cl)C1. The van der Waals surface area contributed by atoms with Gasteiger partial charge >= 0.3 is 6.09 Å². The molecule has 1 N–H and O–H groups in total. The molecule has 0 saturated carbocycles. The van der Waals surface area contributed by atoms with Crippen molar-refractivity contribution in [2.75, 3.05) is 19.6 Å². The number of nitrogens with one attached hydrogen (secondary N) is 1. The van der Waals surface area contributed by atoms with Gasteiger partial charge in [-0.15, -0.1) is 0 Å². The molecule has 1 aliphatic heterocycles. The van der Waals surface area contributed by atoms with Crippen molar-refractivity contribution in [2.24, 2.45) is 5.92 Å². The summed E-state index contributed by atoms with van der Waals surface area (Å²) in [6.07, 6.45) is 1.36. The fraction of sp³-hybridized carbons (Fsp3) is 0.556. The van der Waals surface area contributed by atoms with Crippen LogP contribution in [0.3, 0.4) is 0 Å². The van der Waals surface area contributed by atoms with Gasteiger partial charge in [-0.05, 0) is 45.6 Å². The minimum Gasteiger partial charge on any atom is -0.444 e. The molecule has 1 aromatic rings. The Morgan fingerprint density at radius 3 is 2.70 bits per heavy atom. The van der Waals surface area contributed by atoms with Crippen molar-refractivity contribution < 1.29 is 19.2 Å². The fourth-order valence-electron chi connectivity index (χ4n) is 2.86. The number of hydrogen-bond acceptors (Lipinski definition) is 5. The summed E-state index contributed by atoms with van der Waals surface area (Å²) < 4.78 is 5.39. The highest BCUT2D eigenvalue weighted by Crippen LogP contribution is 2.23. The summed E-state index contributed by atoms with van der Waals surface area (Å²) in [5.41, 5.74) is -0.538. The van der Waals surface area contributed by atoms with Crippen LogP contribution in [0.1, 0.15) is 44.0 Å². The van der Waals surface area contributed by atoms with Crippen LogP contribution in [0.4, 0.5) is 10.5 Å². The molecule has 1 aromatic carbocycles. The maximum atomic E-state index is 12.3. The standard InChI is InChI=1S/C18H24ClN3O5/c1-18(2,3)27-17(24)21-8-4-5-12(11-21)10-20-16(23)14-7-6-13(22(25)26)9-15(14)19/h6-7,9,12H,4-5,8,10-11H2,1-3H3,(H,20,23). The van der Waals surface area contributed by atoms with Crippen LogP contribution >= 0.6 is 11.6 Å². The van der Waals surface area contributed by atoms with Crippen LogP contribution in [0, 0.1) is 16.0 Å². The number of carbonyl (C=O) groups is 2. The van der Waals surface area contributed by atoms with E-state index in [0.29, 0.717) is 19.6 Å². The van der Waals surface area contributed by atoms with Crippen molar-refractivity contribution >= 4 is 29.3 Å². The molecule has 0 aliphatic carbocycles. The van der Waals surface area contributed by atoms with Crippen LogP contribution < -0.4 is 5.32 Å². The summed E-state index contributed by atoms with van der Waals surface area (Å²) in [4.78, 5) is 36.3. The number of nitrogens with zero attached hydrogens (tertiary/aromatic N) is 2. The first-order valence-electron chi connectivity index (χ1n) is 8.77. The number of benzene rings is 1. The zero-order chi connectivity index (χ0) is 20.2. The Kier molecular flexibility index (Phi) is 6.64. The predicted octanol–water partition coefficient (Wildman–Crippen LogP) is 3.63. The maximum Gasteiger partial charge on any atom is 0.410 e. The van der Waals surface area contributed by atoms with E-state index in [1.54, 1.807) is 4.90 Å². The van der Waals surface area contributed by atoms with E-state index in [1.807, 2.05) is 20.8 Å². The molecule has 0 spiro atoms. The first-order valence-corrected chi connectivity index (χ1v) is 9.14. The van der Waals surface area contributed by atoms with Crippen molar-refractivity contribution in [2.45, 2.75) is 39.2 Å². The van der Waals surface area contributed by atoms with Crippen LogP contribution in [0.5, 0.6) is 0 Å². The third-order valence-electron chi connectivity index (χ3n) is 4.13. The van der Waals surface area contributed by atoms with Crippen LogP contribution in [0.25, 0.3) is 0 Å². The minimum atomic E-state index is -0.569. The van der Waals surface area contributed by atoms with Gasteiger partial charge in [0.15, 0.2) is 0 Å². The van der Waals surface area contributed by atoms with Crippen LogP contribution in [-0.2, 0) is 4.74 Å². The molecule has 9 heteroatoms. The maximum absolute atomic E-state index is 12.3. The molecule has 1 unspecified atom stereocenters. The molecule has 0 bridgehead atoms. The normalized spacial score (nSPS) is 17.3. The average molecular weight is 398 g/mol. The lowest BCUT2D eigenvalue weighted by Crippen LogP contribution is -2.45. The lowest BCUT2D eigenvalue weighted by atomic mass is 9.98. The van der Waals surface area contributed by atoms with E-state index in [0.717, 1.165) is 18.9 Å². The Balaban J connectivity index is 1.91. The van der Waals surface area contributed by atoms with E-state index in [9.17, 15) is 19.7 Å². The number of rotatable bonds is 4. The first kappa shape index (κ1) is 21.0. The van der Waals surface area contributed by atoms with Gasteiger partial charge in [0.25, 0.3) is 11.6 Å². The van der Waals surface area contributed by atoms with Gasteiger partial charge in [-0.2, -0.15) is 0 Å². The molecule has 1 atom stereocenters. The van der Waals surface area contributed by atoms with E-state index >= 15 is 0 Å². The quantitative estimate of drug-likeness (QED) is 0.617. The molecular weight excluding hydrogens is 374 g/mol. The van der Waals surface area contributed by atoms with Gasteiger partial charge < -0.3 is 15.0 Å². The average Bonchev–Trinajstić information content (AvgIpc) is 2.58. The van der Waals surface area contributed by atoms with Crippen molar-refractivity contribution in [3.63, 3.8) is 0 Å². The Morgan fingerprint density at radius 2 is 2.11 bits per heavy atom. The van der Waals surface area contributed by atoms with Gasteiger partial charge in [-0.3, -0.25) is 14.9 Å². The largest absolute Gasteiger partial charge is 0.444 e. The number of likely N-dealkylation sites (tertiary alicyclic amines) is 1. The number of amides is 2. The van der Waals surface area contributed by atoms with Gasteiger partial charge in [0.2, 0.25) is 0 Å². The zero-order valence-electron chi connectivity index (χ0n) is 15.7. The molecule has 0 radical (unpaired) electrons. The smallest absolute Gasteiger partial charge is 0.410 e. The van der Waals surface area contributed by atoms with Gasteiger partial charge in [0, 0.05) is 31.8 Å². The minimum absolute atomic E-state index is 0.0284. The Labute approximate surface area is 163 Å². The molecule has 1 saturated heterocycles. The second-order valence-corrected chi connectivity index (χ2v) is 7.97. The van der Waals surface area contributed by atoms with E-state index in [1.165, 1.54) is 12.1 Å². The zero-order valence-corrected chi connectivity index (χ0v) is 16.4. The summed E-state index contributed by atoms with van der Waals surface area (Å²) in [5, 5.41) is 13.6. The molecule has 1 fully saturated rings. The van der Waals surface area contributed by atoms with Crippen molar-refractivity contribution in [3.8, 4) is 0 Å². The van der Waals surface area contributed by atoms with Crippen molar-refractivity contribution in [3.05, 3.63) is 38.9 Å². The second kappa shape index (κ2) is 8.56. The summed E-state index contributed by atoms with van der Waals surface area (Å²) in [5.74, 6) is -0.295. The van der Waals surface area contributed by atoms with Crippen LogP contribution in [0.15, 0.2) is 18.2 Å². The summed E-state index contributed by atoms with van der Waals surface area (Å²) in [7, 11) is 0. The molecule has 0 aromatic heterocycles. The number of non-ortho nitro benzene ring substituents is 1. The second-order valence-electron chi connectivity index (χ2n) is 7.57. The van der Waals surface area contributed by atoms with E-state index < -0.39 is 16.4 Å². The highest BCUT2D eigenvalue weighted by Gasteiger charge is 2.28. The number of ether oxygens (including phenoxy) is 1. The summed E-state index contributed by atoms with van der Waals surface area (Å²) in [6, 6.07) is 3.73. The van der Waals surface area contributed by atoms with Gasteiger partial charge in [0.05, 0.1) is 15.5 Å². The first-order chi connectivity index (χ1) is 12.6. The number of hydrogen-bond donors (Lipinski definition) is 1. The molecule has 148 valence electrons. The topological polar surface area (TPSA) is 102 Å². The Bertz CT molecular complexity index is 732. The van der Waals surface area contributed by atoms with Gasteiger partial charge in [-0.1, -0.05) is 11.6 Å². The van der Waals surface area contributed by atoms with Gasteiger partial charge in [0.1, 0.15) is 5.60 Å². The number of nitro groups is 1. The molecule has 2 rings (SSSR count). The third kappa shape index (κ3) is 6.09. The third-order valence-corrected chi connectivity index (χ3v) is 4.44. The number of piperidine rings is 1. The van der Waals surface area contributed by atoms with Crippen LogP contribution in [-0.4, -0.2) is 47.1 Å². The lowest BCUT2D eigenvalue weighted by molar-refractivity contribution is -0.384. The molecule has 1 aliphatic rings. The fourth-order valence-corrected chi connectivity index (χ4v) is 3.12.